The lowest BCUT2D eigenvalue weighted by Crippen LogP contribution is -2.43. The summed E-state index contributed by atoms with van der Waals surface area (Å²) in [5.74, 6) is -0.181. The second-order valence-electron chi connectivity index (χ2n) is 4.50. The molecule has 2 atom stereocenters. The van der Waals surface area contributed by atoms with E-state index in [2.05, 4.69) is 17.1 Å². The molecular formula is C11H22N2O3. The maximum atomic E-state index is 10.8. The second-order valence-corrected chi connectivity index (χ2v) is 4.50. The Hall–Kier alpha value is -0.650. The Morgan fingerprint density at radius 3 is 2.94 bits per heavy atom. The lowest BCUT2D eigenvalue weighted by atomic mass is 10.1. The van der Waals surface area contributed by atoms with Crippen molar-refractivity contribution in [1.29, 1.82) is 0 Å². The smallest absolute Gasteiger partial charge is 0.304 e. The lowest BCUT2D eigenvalue weighted by molar-refractivity contribution is -0.138. The van der Waals surface area contributed by atoms with Gasteiger partial charge >= 0.3 is 5.97 Å². The normalized spacial score (nSPS) is 27.6. The average Bonchev–Trinajstić information content (AvgIpc) is 2.37. The molecule has 0 bridgehead atoms. The third-order valence-electron chi connectivity index (χ3n) is 2.93. The van der Waals surface area contributed by atoms with Gasteiger partial charge in [-0.05, 0) is 12.5 Å². The number of aliphatic carboxylic acids is 1. The van der Waals surface area contributed by atoms with Crippen molar-refractivity contribution in [2.75, 3.05) is 39.9 Å². The van der Waals surface area contributed by atoms with Crippen molar-refractivity contribution in [2.24, 2.45) is 5.92 Å². The van der Waals surface area contributed by atoms with Crippen molar-refractivity contribution in [3.8, 4) is 0 Å². The largest absolute Gasteiger partial charge is 0.481 e. The Morgan fingerprint density at radius 1 is 1.56 bits per heavy atom. The highest BCUT2D eigenvalue weighted by atomic mass is 16.5. The molecule has 1 aliphatic heterocycles. The summed E-state index contributed by atoms with van der Waals surface area (Å²) in [6.07, 6.45) is 0.198. The number of carboxylic acids is 1. The zero-order valence-electron chi connectivity index (χ0n) is 10.1. The highest BCUT2D eigenvalue weighted by Crippen LogP contribution is 2.11. The number of carboxylic acid groups (broad SMARTS) is 1. The van der Waals surface area contributed by atoms with Crippen LogP contribution in [0.15, 0.2) is 0 Å². The van der Waals surface area contributed by atoms with Gasteiger partial charge in [0.15, 0.2) is 0 Å². The van der Waals surface area contributed by atoms with Gasteiger partial charge in [-0.15, -0.1) is 0 Å². The number of methoxy groups -OCH3 is 1. The van der Waals surface area contributed by atoms with E-state index in [9.17, 15) is 4.79 Å². The van der Waals surface area contributed by atoms with Crippen LogP contribution in [-0.2, 0) is 9.53 Å². The van der Waals surface area contributed by atoms with E-state index < -0.39 is 5.97 Å². The Morgan fingerprint density at radius 2 is 2.31 bits per heavy atom. The Bertz CT molecular complexity index is 223. The Balaban J connectivity index is 2.55. The zero-order valence-corrected chi connectivity index (χ0v) is 10.1. The monoisotopic (exact) mass is 230 g/mol. The summed E-state index contributed by atoms with van der Waals surface area (Å²) in [5.41, 5.74) is 0. The molecule has 0 saturated carbocycles. The van der Waals surface area contributed by atoms with Gasteiger partial charge in [-0.1, -0.05) is 6.92 Å². The van der Waals surface area contributed by atoms with Gasteiger partial charge in [-0.2, -0.15) is 0 Å². The first-order valence-electron chi connectivity index (χ1n) is 5.79. The van der Waals surface area contributed by atoms with E-state index >= 15 is 0 Å². The molecule has 1 heterocycles. The minimum absolute atomic E-state index is 0.0811. The number of nitrogens with one attached hydrogen (secondary N) is 1. The molecule has 0 aromatic carbocycles. The maximum Gasteiger partial charge on any atom is 0.304 e. The van der Waals surface area contributed by atoms with Crippen LogP contribution in [0.2, 0.25) is 0 Å². The first-order valence-corrected chi connectivity index (χ1v) is 5.79. The van der Waals surface area contributed by atoms with E-state index in [0.717, 1.165) is 26.2 Å². The van der Waals surface area contributed by atoms with Gasteiger partial charge in [-0.25, -0.2) is 0 Å². The molecule has 0 radical (unpaired) electrons. The van der Waals surface area contributed by atoms with Gasteiger partial charge in [-0.3, -0.25) is 9.69 Å². The van der Waals surface area contributed by atoms with Crippen LogP contribution in [-0.4, -0.2) is 61.9 Å². The topological polar surface area (TPSA) is 61.8 Å². The second kappa shape index (κ2) is 6.83. The van der Waals surface area contributed by atoms with Crippen LogP contribution in [0.5, 0.6) is 0 Å². The third-order valence-corrected chi connectivity index (χ3v) is 2.93. The Labute approximate surface area is 96.8 Å². The van der Waals surface area contributed by atoms with Crippen molar-refractivity contribution in [2.45, 2.75) is 19.4 Å². The van der Waals surface area contributed by atoms with Crippen LogP contribution in [0.1, 0.15) is 13.3 Å². The number of hydrogen-bond donors (Lipinski definition) is 2. The summed E-state index contributed by atoms with van der Waals surface area (Å²) >= 11 is 0. The number of carbonyl (C=O) groups is 1. The minimum atomic E-state index is -0.733. The van der Waals surface area contributed by atoms with Crippen molar-refractivity contribution < 1.29 is 14.6 Å². The fourth-order valence-electron chi connectivity index (χ4n) is 2.12. The standard InChI is InChI=1S/C11H22N2O3/c1-9-6-12-7-10(5-11(14)15)13(8-9)3-4-16-2/h9-10,12H,3-8H2,1-2H3,(H,14,15). The highest BCUT2D eigenvalue weighted by Gasteiger charge is 2.25. The number of hydrogen-bond acceptors (Lipinski definition) is 4. The predicted octanol–water partition coefficient (Wildman–Crippen LogP) is 0.0174. The minimum Gasteiger partial charge on any atom is -0.481 e. The predicted molar refractivity (Wildman–Crippen MR) is 61.5 cm³/mol. The van der Waals surface area contributed by atoms with Gasteiger partial charge in [0.1, 0.15) is 0 Å². The summed E-state index contributed by atoms with van der Waals surface area (Å²) < 4.78 is 5.06. The summed E-state index contributed by atoms with van der Waals surface area (Å²) in [6.45, 7) is 6.29. The molecule has 2 unspecified atom stereocenters. The van der Waals surface area contributed by atoms with Crippen LogP contribution in [0.25, 0.3) is 0 Å². The molecule has 5 heteroatoms. The quantitative estimate of drug-likeness (QED) is 0.697. The molecule has 5 nitrogen and oxygen atoms in total. The van der Waals surface area contributed by atoms with Gasteiger partial charge in [0.2, 0.25) is 0 Å². The van der Waals surface area contributed by atoms with Gasteiger partial charge in [0.05, 0.1) is 13.0 Å². The number of ether oxygens (including phenoxy) is 1. The molecule has 0 aliphatic carbocycles. The van der Waals surface area contributed by atoms with E-state index in [1.54, 1.807) is 7.11 Å². The lowest BCUT2D eigenvalue weighted by Gasteiger charge is -2.29. The fraction of sp³-hybridized carbons (Fsp3) is 0.909. The summed E-state index contributed by atoms with van der Waals surface area (Å²) in [5, 5.41) is 12.2. The highest BCUT2D eigenvalue weighted by molar-refractivity contribution is 5.67. The van der Waals surface area contributed by atoms with Crippen molar-refractivity contribution in [3.05, 3.63) is 0 Å². The third kappa shape index (κ3) is 4.47. The molecule has 0 aromatic rings. The van der Waals surface area contributed by atoms with E-state index in [1.807, 2.05) is 0 Å². The average molecular weight is 230 g/mol. The SMILES string of the molecule is COCCN1CC(C)CNCC1CC(=O)O. The van der Waals surface area contributed by atoms with E-state index in [1.165, 1.54) is 0 Å². The maximum absolute atomic E-state index is 10.8. The summed E-state index contributed by atoms with van der Waals surface area (Å²) in [4.78, 5) is 13.0. The van der Waals surface area contributed by atoms with Gasteiger partial charge in [0.25, 0.3) is 0 Å². The Kier molecular flexibility index (Phi) is 5.73. The molecule has 0 amide bonds. The van der Waals surface area contributed by atoms with Crippen LogP contribution in [0.4, 0.5) is 0 Å². The molecule has 1 saturated heterocycles. The van der Waals surface area contributed by atoms with Crippen molar-refractivity contribution >= 4 is 5.97 Å². The molecule has 1 fully saturated rings. The van der Waals surface area contributed by atoms with Gasteiger partial charge < -0.3 is 15.2 Å². The van der Waals surface area contributed by atoms with E-state index in [-0.39, 0.29) is 12.5 Å². The first kappa shape index (κ1) is 13.4. The van der Waals surface area contributed by atoms with Crippen LogP contribution >= 0.6 is 0 Å². The molecule has 94 valence electrons. The molecule has 2 N–H and O–H groups in total. The molecule has 0 aromatic heterocycles. The zero-order chi connectivity index (χ0) is 12.0. The van der Waals surface area contributed by atoms with Crippen LogP contribution < -0.4 is 5.32 Å². The molecule has 1 rings (SSSR count). The summed E-state index contributed by atoms with van der Waals surface area (Å²) in [7, 11) is 1.67. The molecule has 16 heavy (non-hydrogen) atoms. The fourth-order valence-corrected chi connectivity index (χ4v) is 2.12. The van der Waals surface area contributed by atoms with E-state index in [4.69, 9.17) is 9.84 Å². The number of rotatable bonds is 5. The van der Waals surface area contributed by atoms with Crippen molar-refractivity contribution in [3.63, 3.8) is 0 Å². The van der Waals surface area contributed by atoms with Crippen LogP contribution in [0.3, 0.4) is 0 Å². The molecule has 0 spiro atoms. The first-order chi connectivity index (χ1) is 7.63. The summed E-state index contributed by atoms with van der Waals surface area (Å²) in [6, 6.07) is 0.0811. The van der Waals surface area contributed by atoms with Crippen molar-refractivity contribution in [1.82, 2.24) is 10.2 Å². The van der Waals surface area contributed by atoms with Gasteiger partial charge in [0, 0.05) is 32.8 Å². The van der Waals surface area contributed by atoms with Crippen LogP contribution in [0, 0.1) is 5.92 Å². The molecule has 1 aliphatic rings. The molecular weight excluding hydrogens is 208 g/mol. The number of nitrogens with zero attached hydrogens (tertiary/aromatic N) is 1. The van der Waals surface area contributed by atoms with E-state index in [0.29, 0.717) is 12.5 Å².